The van der Waals surface area contributed by atoms with E-state index in [9.17, 15) is 9.18 Å². The smallest absolute Gasteiger partial charge is 0.317 e. The highest BCUT2D eigenvalue weighted by atomic mass is 19.1. The van der Waals surface area contributed by atoms with Gasteiger partial charge in [0.1, 0.15) is 5.82 Å². The first-order valence-corrected chi connectivity index (χ1v) is 6.83. The van der Waals surface area contributed by atoms with Crippen LogP contribution in [0.3, 0.4) is 0 Å². The van der Waals surface area contributed by atoms with Gasteiger partial charge < -0.3 is 10.2 Å². The van der Waals surface area contributed by atoms with E-state index in [1.807, 2.05) is 7.05 Å². The van der Waals surface area contributed by atoms with Crippen molar-refractivity contribution in [3.05, 3.63) is 35.6 Å². The molecule has 0 aliphatic heterocycles. The number of halogens is 1. The molecule has 1 N–H and O–H groups in total. The summed E-state index contributed by atoms with van der Waals surface area (Å²) in [6.07, 6.45) is 3.18. The summed E-state index contributed by atoms with van der Waals surface area (Å²) in [6.45, 7) is 2.67. The van der Waals surface area contributed by atoms with Gasteiger partial charge in [-0.15, -0.1) is 0 Å². The SMILES string of the molecule is C[C@H](C1CC1)N(C)C(=O)NCCc1ccc(F)cc1. The molecule has 1 aromatic carbocycles. The average Bonchev–Trinajstić information content (AvgIpc) is 3.23. The van der Waals surface area contributed by atoms with Crippen molar-refractivity contribution >= 4 is 6.03 Å². The summed E-state index contributed by atoms with van der Waals surface area (Å²) in [6, 6.07) is 6.67. The van der Waals surface area contributed by atoms with Crippen molar-refractivity contribution in [2.75, 3.05) is 13.6 Å². The highest BCUT2D eigenvalue weighted by molar-refractivity contribution is 5.74. The van der Waals surface area contributed by atoms with Gasteiger partial charge >= 0.3 is 6.03 Å². The number of benzene rings is 1. The average molecular weight is 264 g/mol. The Morgan fingerprint density at radius 2 is 2.05 bits per heavy atom. The number of hydrogen-bond donors (Lipinski definition) is 1. The van der Waals surface area contributed by atoms with Crippen molar-refractivity contribution in [1.82, 2.24) is 10.2 Å². The van der Waals surface area contributed by atoms with Crippen LogP contribution >= 0.6 is 0 Å². The van der Waals surface area contributed by atoms with Crippen molar-refractivity contribution in [2.45, 2.75) is 32.2 Å². The molecule has 2 amide bonds. The monoisotopic (exact) mass is 264 g/mol. The molecule has 1 atom stereocenters. The molecule has 19 heavy (non-hydrogen) atoms. The van der Waals surface area contributed by atoms with Crippen LogP contribution in [0.5, 0.6) is 0 Å². The molecule has 1 aliphatic rings. The lowest BCUT2D eigenvalue weighted by molar-refractivity contribution is 0.188. The van der Waals surface area contributed by atoms with Gasteiger partial charge in [0, 0.05) is 19.6 Å². The number of urea groups is 1. The number of carbonyl (C=O) groups excluding carboxylic acids is 1. The maximum Gasteiger partial charge on any atom is 0.317 e. The van der Waals surface area contributed by atoms with Crippen LogP contribution in [0.1, 0.15) is 25.3 Å². The fourth-order valence-corrected chi connectivity index (χ4v) is 2.17. The van der Waals surface area contributed by atoms with Crippen molar-refractivity contribution in [3.63, 3.8) is 0 Å². The van der Waals surface area contributed by atoms with Crippen LogP contribution in [0.4, 0.5) is 9.18 Å². The van der Waals surface area contributed by atoms with Crippen LogP contribution < -0.4 is 5.32 Å². The van der Waals surface area contributed by atoms with Gasteiger partial charge in [-0.2, -0.15) is 0 Å². The summed E-state index contributed by atoms with van der Waals surface area (Å²) in [5.74, 6) is 0.443. The molecule has 1 aliphatic carbocycles. The van der Waals surface area contributed by atoms with Crippen LogP contribution in [0, 0.1) is 11.7 Å². The molecular weight excluding hydrogens is 243 g/mol. The zero-order valence-corrected chi connectivity index (χ0v) is 11.5. The first kappa shape index (κ1) is 13.8. The topological polar surface area (TPSA) is 32.3 Å². The Morgan fingerprint density at radius 1 is 1.42 bits per heavy atom. The fraction of sp³-hybridized carbons (Fsp3) is 0.533. The third kappa shape index (κ3) is 3.94. The maximum atomic E-state index is 12.7. The van der Waals surface area contributed by atoms with E-state index in [2.05, 4.69) is 12.2 Å². The maximum absolute atomic E-state index is 12.7. The summed E-state index contributed by atoms with van der Waals surface area (Å²) in [5.41, 5.74) is 1.03. The normalized spacial score (nSPS) is 15.9. The molecule has 0 heterocycles. The van der Waals surface area contributed by atoms with E-state index in [4.69, 9.17) is 0 Å². The molecule has 0 aromatic heterocycles. The quantitative estimate of drug-likeness (QED) is 0.871. The van der Waals surface area contributed by atoms with E-state index in [1.54, 1.807) is 17.0 Å². The molecule has 1 fully saturated rings. The Kier molecular flexibility index (Phi) is 4.40. The molecule has 0 bridgehead atoms. The van der Waals surface area contributed by atoms with Gasteiger partial charge in [0.2, 0.25) is 0 Å². The number of nitrogens with zero attached hydrogens (tertiary/aromatic N) is 1. The zero-order chi connectivity index (χ0) is 13.8. The molecule has 1 aromatic rings. The minimum atomic E-state index is -0.231. The molecular formula is C15H21FN2O. The number of rotatable bonds is 5. The number of amides is 2. The summed E-state index contributed by atoms with van der Waals surface area (Å²) < 4.78 is 12.7. The van der Waals surface area contributed by atoms with E-state index in [0.717, 1.165) is 12.0 Å². The van der Waals surface area contributed by atoms with Gasteiger partial charge in [0.05, 0.1) is 0 Å². The highest BCUT2D eigenvalue weighted by Gasteiger charge is 2.32. The van der Waals surface area contributed by atoms with Crippen LogP contribution in [0.2, 0.25) is 0 Å². The van der Waals surface area contributed by atoms with E-state index in [-0.39, 0.29) is 11.8 Å². The fourth-order valence-electron chi connectivity index (χ4n) is 2.17. The zero-order valence-electron chi connectivity index (χ0n) is 11.5. The number of hydrogen-bond acceptors (Lipinski definition) is 1. The molecule has 0 saturated heterocycles. The standard InChI is InChI=1S/C15H21FN2O/c1-11(13-5-6-13)18(2)15(19)17-10-9-12-3-7-14(16)8-4-12/h3-4,7-8,11,13H,5-6,9-10H2,1-2H3,(H,17,19)/t11-/m1/s1. The Labute approximate surface area is 113 Å². The second-order valence-corrected chi connectivity index (χ2v) is 5.30. The summed E-state index contributed by atoms with van der Waals surface area (Å²) in [5, 5.41) is 2.90. The van der Waals surface area contributed by atoms with E-state index in [1.165, 1.54) is 25.0 Å². The number of carbonyl (C=O) groups is 1. The van der Waals surface area contributed by atoms with Gasteiger partial charge in [-0.05, 0) is 49.8 Å². The largest absolute Gasteiger partial charge is 0.338 e. The van der Waals surface area contributed by atoms with Crippen molar-refractivity contribution < 1.29 is 9.18 Å². The van der Waals surface area contributed by atoms with Crippen LogP contribution in [0.15, 0.2) is 24.3 Å². The summed E-state index contributed by atoms with van der Waals surface area (Å²) in [4.78, 5) is 13.7. The Morgan fingerprint density at radius 3 is 2.63 bits per heavy atom. The third-order valence-corrected chi connectivity index (χ3v) is 3.84. The lowest BCUT2D eigenvalue weighted by Crippen LogP contribution is -2.43. The van der Waals surface area contributed by atoms with Crippen LogP contribution in [-0.2, 0) is 6.42 Å². The second-order valence-electron chi connectivity index (χ2n) is 5.30. The van der Waals surface area contributed by atoms with Gasteiger partial charge in [-0.1, -0.05) is 12.1 Å². The third-order valence-electron chi connectivity index (χ3n) is 3.84. The Bertz CT molecular complexity index is 428. The summed E-state index contributed by atoms with van der Waals surface area (Å²) in [7, 11) is 1.84. The van der Waals surface area contributed by atoms with Gasteiger partial charge in [0.15, 0.2) is 0 Å². The molecule has 1 saturated carbocycles. The highest BCUT2D eigenvalue weighted by Crippen LogP contribution is 2.34. The van der Waals surface area contributed by atoms with Crippen molar-refractivity contribution in [2.24, 2.45) is 5.92 Å². The minimum Gasteiger partial charge on any atom is -0.338 e. The van der Waals surface area contributed by atoms with E-state index < -0.39 is 0 Å². The molecule has 104 valence electrons. The van der Waals surface area contributed by atoms with E-state index in [0.29, 0.717) is 18.5 Å². The first-order chi connectivity index (χ1) is 9.08. The second kappa shape index (κ2) is 6.04. The molecule has 0 radical (unpaired) electrons. The molecule has 0 spiro atoms. The predicted molar refractivity (Wildman–Crippen MR) is 73.5 cm³/mol. The van der Waals surface area contributed by atoms with Gasteiger partial charge in [-0.25, -0.2) is 9.18 Å². The number of nitrogens with one attached hydrogen (secondary N) is 1. The predicted octanol–water partition coefficient (Wildman–Crippen LogP) is 2.81. The first-order valence-electron chi connectivity index (χ1n) is 6.83. The van der Waals surface area contributed by atoms with E-state index >= 15 is 0 Å². The molecule has 2 rings (SSSR count). The van der Waals surface area contributed by atoms with Gasteiger partial charge in [-0.3, -0.25) is 0 Å². The molecule has 4 heteroatoms. The minimum absolute atomic E-state index is 0.0264. The summed E-state index contributed by atoms with van der Waals surface area (Å²) >= 11 is 0. The lowest BCUT2D eigenvalue weighted by atomic mass is 10.1. The molecule has 0 unspecified atom stereocenters. The van der Waals surface area contributed by atoms with Crippen molar-refractivity contribution in [3.8, 4) is 0 Å². The van der Waals surface area contributed by atoms with Gasteiger partial charge in [0.25, 0.3) is 0 Å². The Hall–Kier alpha value is -1.58. The lowest BCUT2D eigenvalue weighted by Gasteiger charge is -2.25. The molecule has 3 nitrogen and oxygen atoms in total. The van der Waals surface area contributed by atoms with Crippen LogP contribution in [-0.4, -0.2) is 30.6 Å². The van der Waals surface area contributed by atoms with Crippen molar-refractivity contribution in [1.29, 1.82) is 0 Å². The Balaban J connectivity index is 1.72. The van der Waals surface area contributed by atoms with Crippen LogP contribution in [0.25, 0.3) is 0 Å².